The van der Waals surface area contributed by atoms with Crippen molar-refractivity contribution in [2.24, 2.45) is 0 Å². The second-order valence-corrected chi connectivity index (χ2v) is 8.30. The zero-order valence-electron chi connectivity index (χ0n) is 10.4. The van der Waals surface area contributed by atoms with Crippen LogP contribution in [0.1, 0.15) is 29.6 Å². The molecular formula is C12H12BrCl2NO3S. The first-order valence-electron chi connectivity index (χ1n) is 6.03. The summed E-state index contributed by atoms with van der Waals surface area (Å²) in [5.41, 5.74) is 0.235. The maximum Gasteiger partial charge on any atom is 0.262 e. The van der Waals surface area contributed by atoms with Crippen molar-refractivity contribution in [1.82, 2.24) is 4.90 Å². The second-order valence-electron chi connectivity index (χ2n) is 4.56. The first kappa shape index (κ1) is 16.1. The van der Waals surface area contributed by atoms with Gasteiger partial charge < -0.3 is 4.90 Å². The minimum absolute atomic E-state index is 0.145. The summed E-state index contributed by atoms with van der Waals surface area (Å²) in [6.07, 6.45) is 3.01. The summed E-state index contributed by atoms with van der Waals surface area (Å²) in [4.78, 5) is 13.9. The number of piperidine rings is 1. The highest BCUT2D eigenvalue weighted by Gasteiger charge is 2.23. The lowest BCUT2D eigenvalue weighted by atomic mass is 10.1. The van der Waals surface area contributed by atoms with Gasteiger partial charge in [0.15, 0.2) is 0 Å². The van der Waals surface area contributed by atoms with Crippen LogP contribution in [0.5, 0.6) is 0 Å². The Labute approximate surface area is 135 Å². The predicted molar refractivity (Wildman–Crippen MR) is 81.9 cm³/mol. The summed E-state index contributed by atoms with van der Waals surface area (Å²) in [5, 5.41) is 0.145. The van der Waals surface area contributed by atoms with Gasteiger partial charge in [0, 0.05) is 29.3 Å². The molecule has 110 valence electrons. The number of likely N-dealkylation sites (tertiary alicyclic amines) is 1. The normalized spacial score (nSPS) is 16.2. The molecule has 0 aromatic heterocycles. The fourth-order valence-corrected chi connectivity index (χ4v) is 4.52. The number of hydrogen-bond donors (Lipinski definition) is 0. The fourth-order valence-electron chi connectivity index (χ4n) is 2.14. The Bertz CT molecular complexity index is 642. The Morgan fingerprint density at radius 1 is 1.20 bits per heavy atom. The molecule has 0 saturated carbocycles. The van der Waals surface area contributed by atoms with E-state index in [4.69, 9.17) is 22.3 Å². The van der Waals surface area contributed by atoms with Crippen molar-refractivity contribution in [2.45, 2.75) is 24.2 Å². The summed E-state index contributed by atoms with van der Waals surface area (Å²) in [5.74, 6) is -0.222. The Balaban J connectivity index is 2.42. The average molecular weight is 401 g/mol. The van der Waals surface area contributed by atoms with Gasteiger partial charge in [0.05, 0.1) is 14.4 Å². The van der Waals surface area contributed by atoms with Crippen molar-refractivity contribution in [3.8, 4) is 0 Å². The van der Waals surface area contributed by atoms with Gasteiger partial charge in [-0.15, -0.1) is 0 Å². The summed E-state index contributed by atoms with van der Waals surface area (Å²) in [6.45, 7) is 1.35. The Morgan fingerprint density at radius 2 is 1.80 bits per heavy atom. The molecule has 0 N–H and O–H groups in total. The van der Waals surface area contributed by atoms with Gasteiger partial charge in [-0.05, 0) is 47.3 Å². The number of carbonyl (C=O) groups is 1. The summed E-state index contributed by atoms with van der Waals surface area (Å²) in [7, 11) is 1.38. The van der Waals surface area contributed by atoms with E-state index in [2.05, 4.69) is 15.9 Å². The lowest BCUT2D eigenvalue weighted by Gasteiger charge is -2.27. The van der Waals surface area contributed by atoms with Crippen molar-refractivity contribution in [1.29, 1.82) is 0 Å². The number of carbonyl (C=O) groups excluding carboxylic acids is 1. The van der Waals surface area contributed by atoms with Gasteiger partial charge in [0.2, 0.25) is 0 Å². The average Bonchev–Trinajstić information content (AvgIpc) is 2.40. The molecule has 0 radical (unpaired) electrons. The van der Waals surface area contributed by atoms with Gasteiger partial charge in [-0.25, -0.2) is 8.42 Å². The van der Waals surface area contributed by atoms with E-state index in [1.807, 2.05) is 0 Å². The van der Waals surface area contributed by atoms with E-state index in [-0.39, 0.29) is 25.9 Å². The van der Waals surface area contributed by atoms with Gasteiger partial charge >= 0.3 is 0 Å². The number of rotatable bonds is 2. The van der Waals surface area contributed by atoms with Crippen molar-refractivity contribution >= 4 is 53.2 Å². The van der Waals surface area contributed by atoms with Crippen molar-refractivity contribution in [2.75, 3.05) is 13.1 Å². The van der Waals surface area contributed by atoms with E-state index < -0.39 is 9.05 Å². The topological polar surface area (TPSA) is 54.5 Å². The third-order valence-corrected chi connectivity index (χ3v) is 6.14. The second kappa shape index (κ2) is 6.22. The van der Waals surface area contributed by atoms with Crippen LogP contribution < -0.4 is 0 Å². The maximum atomic E-state index is 12.4. The third kappa shape index (κ3) is 3.47. The Hall–Kier alpha value is -0.300. The molecule has 1 aromatic carbocycles. The molecule has 0 aliphatic carbocycles. The van der Waals surface area contributed by atoms with E-state index in [1.165, 1.54) is 12.1 Å². The van der Waals surface area contributed by atoms with Crippen LogP contribution >= 0.6 is 38.2 Å². The monoisotopic (exact) mass is 399 g/mol. The number of benzene rings is 1. The van der Waals surface area contributed by atoms with Crippen molar-refractivity contribution < 1.29 is 13.2 Å². The molecule has 0 unspecified atom stereocenters. The van der Waals surface area contributed by atoms with Crippen LogP contribution in [-0.4, -0.2) is 32.3 Å². The molecule has 4 nitrogen and oxygen atoms in total. The lowest BCUT2D eigenvalue weighted by Crippen LogP contribution is -2.35. The summed E-state index contributed by atoms with van der Waals surface area (Å²) in [6, 6.07) is 2.71. The van der Waals surface area contributed by atoms with Gasteiger partial charge in [-0.1, -0.05) is 11.6 Å². The molecule has 0 atom stereocenters. The van der Waals surface area contributed by atoms with Crippen LogP contribution in [0.4, 0.5) is 0 Å². The van der Waals surface area contributed by atoms with E-state index in [1.54, 1.807) is 4.90 Å². The van der Waals surface area contributed by atoms with Crippen LogP contribution in [0.3, 0.4) is 0 Å². The first-order valence-corrected chi connectivity index (χ1v) is 9.51. The molecule has 1 saturated heterocycles. The van der Waals surface area contributed by atoms with E-state index in [0.717, 1.165) is 19.3 Å². The van der Waals surface area contributed by atoms with E-state index in [9.17, 15) is 13.2 Å². The third-order valence-electron chi connectivity index (χ3n) is 3.15. The molecule has 20 heavy (non-hydrogen) atoms. The lowest BCUT2D eigenvalue weighted by molar-refractivity contribution is 0.0724. The molecule has 0 spiro atoms. The molecular weight excluding hydrogens is 389 g/mol. The predicted octanol–water partition coefficient (Wildman–Crippen LogP) is 3.66. The molecule has 0 bridgehead atoms. The molecule has 1 aliphatic rings. The number of halogens is 3. The maximum absolute atomic E-state index is 12.4. The smallest absolute Gasteiger partial charge is 0.262 e. The van der Waals surface area contributed by atoms with Crippen LogP contribution in [0.25, 0.3) is 0 Å². The molecule has 1 heterocycles. The van der Waals surface area contributed by atoms with Gasteiger partial charge in [-0.3, -0.25) is 4.79 Å². The molecule has 1 aliphatic heterocycles. The molecule has 1 aromatic rings. The highest BCUT2D eigenvalue weighted by atomic mass is 79.9. The highest BCUT2D eigenvalue weighted by Crippen LogP contribution is 2.33. The Morgan fingerprint density at radius 3 is 2.35 bits per heavy atom. The molecule has 1 fully saturated rings. The first-order chi connectivity index (χ1) is 9.30. The SMILES string of the molecule is O=C(c1cc(Cl)c(Br)c(S(=O)(=O)Cl)c1)N1CCCCC1. The minimum Gasteiger partial charge on any atom is -0.339 e. The summed E-state index contributed by atoms with van der Waals surface area (Å²) < 4.78 is 23.2. The Kier molecular flexibility index (Phi) is 5.00. The molecule has 8 heteroatoms. The zero-order chi connectivity index (χ0) is 14.9. The largest absolute Gasteiger partial charge is 0.339 e. The quantitative estimate of drug-likeness (QED) is 0.711. The summed E-state index contributed by atoms with van der Waals surface area (Å²) >= 11 is 9.04. The van der Waals surface area contributed by atoms with Crippen LogP contribution in [0, 0.1) is 0 Å². The van der Waals surface area contributed by atoms with Gasteiger partial charge in [0.1, 0.15) is 0 Å². The highest BCUT2D eigenvalue weighted by molar-refractivity contribution is 9.10. The van der Waals surface area contributed by atoms with Gasteiger partial charge in [0.25, 0.3) is 15.0 Å². The van der Waals surface area contributed by atoms with Crippen LogP contribution in [-0.2, 0) is 9.05 Å². The van der Waals surface area contributed by atoms with E-state index in [0.29, 0.717) is 13.1 Å². The number of amides is 1. The van der Waals surface area contributed by atoms with Crippen molar-refractivity contribution in [3.63, 3.8) is 0 Å². The molecule has 2 rings (SSSR count). The standard InChI is InChI=1S/C12H12BrCl2NO3S/c13-11-9(14)6-8(7-10(11)20(15,18)19)12(17)16-4-2-1-3-5-16/h6-7H,1-5H2. The van der Waals surface area contributed by atoms with Crippen LogP contribution in [0.2, 0.25) is 5.02 Å². The zero-order valence-corrected chi connectivity index (χ0v) is 14.3. The number of nitrogens with zero attached hydrogens (tertiary/aromatic N) is 1. The van der Waals surface area contributed by atoms with Crippen LogP contribution in [0.15, 0.2) is 21.5 Å². The minimum atomic E-state index is -3.97. The fraction of sp³-hybridized carbons (Fsp3) is 0.417. The van der Waals surface area contributed by atoms with E-state index >= 15 is 0 Å². The van der Waals surface area contributed by atoms with Gasteiger partial charge in [-0.2, -0.15) is 0 Å². The molecule has 1 amide bonds. The number of hydrogen-bond acceptors (Lipinski definition) is 3. The van der Waals surface area contributed by atoms with Crippen molar-refractivity contribution in [3.05, 3.63) is 27.2 Å².